The fourth-order valence-electron chi connectivity index (χ4n) is 2.97. The second-order valence-corrected chi connectivity index (χ2v) is 6.78. The van der Waals surface area contributed by atoms with Crippen LogP contribution in [0.5, 0.6) is 0 Å². The molecule has 1 aliphatic heterocycles. The van der Waals surface area contributed by atoms with Gasteiger partial charge in [0.2, 0.25) is 0 Å². The molecule has 0 aliphatic carbocycles. The third-order valence-corrected chi connectivity index (χ3v) is 5.43. The third kappa shape index (κ3) is 2.43. The molecule has 23 heavy (non-hydrogen) atoms. The average molecular weight is 329 g/mol. The van der Waals surface area contributed by atoms with Crippen LogP contribution in [0.2, 0.25) is 0 Å². The van der Waals surface area contributed by atoms with Crippen molar-refractivity contribution in [3.63, 3.8) is 0 Å². The van der Waals surface area contributed by atoms with Gasteiger partial charge in [-0.05, 0) is 44.0 Å². The lowest BCUT2D eigenvalue weighted by atomic mass is 10.2. The fraction of sp³-hybridized carbons (Fsp3) is 0.294. The lowest BCUT2D eigenvalue weighted by Gasteiger charge is -2.14. The van der Waals surface area contributed by atoms with Crippen LogP contribution in [0.15, 0.2) is 30.5 Å². The van der Waals surface area contributed by atoms with Gasteiger partial charge in [0.05, 0.1) is 5.69 Å². The number of carbonyl (C=O) groups is 1. The van der Waals surface area contributed by atoms with Crippen LogP contribution in [-0.4, -0.2) is 33.3 Å². The Labute approximate surface area is 137 Å². The molecule has 118 valence electrons. The molecule has 1 saturated heterocycles. The number of benzene rings is 1. The van der Waals surface area contributed by atoms with E-state index in [-0.39, 0.29) is 11.7 Å². The van der Waals surface area contributed by atoms with Crippen molar-refractivity contribution in [2.75, 3.05) is 13.1 Å². The van der Waals surface area contributed by atoms with Crippen LogP contribution in [0.1, 0.15) is 28.2 Å². The SMILES string of the molecule is Cc1c(C(=O)N2CCCC2)sc2nc(-c3ccc(F)cc3)cn12. The molecule has 2 aromatic heterocycles. The van der Waals surface area contributed by atoms with Crippen molar-refractivity contribution in [1.82, 2.24) is 14.3 Å². The molecule has 0 radical (unpaired) electrons. The summed E-state index contributed by atoms with van der Waals surface area (Å²) in [4.78, 5) is 20.6. The van der Waals surface area contributed by atoms with E-state index in [0.29, 0.717) is 0 Å². The van der Waals surface area contributed by atoms with Gasteiger partial charge in [0.15, 0.2) is 4.96 Å². The number of amides is 1. The molecule has 3 aromatic rings. The van der Waals surface area contributed by atoms with E-state index in [1.54, 1.807) is 12.1 Å². The number of hydrogen-bond donors (Lipinski definition) is 0. The van der Waals surface area contributed by atoms with Gasteiger partial charge in [-0.25, -0.2) is 9.37 Å². The number of halogens is 1. The molecule has 0 unspecified atom stereocenters. The van der Waals surface area contributed by atoms with E-state index < -0.39 is 0 Å². The lowest BCUT2D eigenvalue weighted by molar-refractivity contribution is 0.0796. The number of hydrogen-bond acceptors (Lipinski definition) is 3. The minimum Gasteiger partial charge on any atom is -0.338 e. The number of rotatable bonds is 2. The zero-order valence-electron chi connectivity index (χ0n) is 12.8. The summed E-state index contributed by atoms with van der Waals surface area (Å²) in [5, 5.41) is 0. The van der Waals surface area contributed by atoms with Gasteiger partial charge in [0, 0.05) is 30.5 Å². The van der Waals surface area contributed by atoms with Crippen LogP contribution in [0, 0.1) is 12.7 Å². The molecular formula is C17H16FN3OS. The van der Waals surface area contributed by atoms with E-state index >= 15 is 0 Å². The van der Waals surface area contributed by atoms with Crippen molar-refractivity contribution in [3.8, 4) is 11.3 Å². The normalized spacial score (nSPS) is 14.8. The highest BCUT2D eigenvalue weighted by molar-refractivity contribution is 7.19. The van der Waals surface area contributed by atoms with Crippen molar-refractivity contribution in [3.05, 3.63) is 46.9 Å². The highest BCUT2D eigenvalue weighted by Crippen LogP contribution is 2.28. The molecule has 6 heteroatoms. The van der Waals surface area contributed by atoms with Gasteiger partial charge in [-0.15, -0.1) is 0 Å². The summed E-state index contributed by atoms with van der Waals surface area (Å²) < 4.78 is 15.0. The molecule has 4 rings (SSSR count). The Morgan fingerprint density at radius 3 is 2.57 bits per heavy atom. The Morgan fingerprint density at radius 1 is 1.22 bits per heavy atom. The molecule has 0 spiro atoms. The Bertz CT molecular complexity index is 875. The highest BCUT2D eigenvalue weighted by atomic mass is 32.1. The van der Waals surface area contributed by atoms with Crippen LogP contribution in [0.4, 0.5) is 4.39 Å². The maximum atomic E-state index is 13.0. The number of carbonyl (C=O) groups excluding carboxylic acids is 1. The van der Waals surface area contributed by atoms with E-state index in [0.717, 1.165) is 52.7 Å². The van der Waals surface area contributed by atoms with Gasteiger partial charge in [-0.3, -0.25) is 9.20 Å². The summed E-state index contributed by atoms with van der Waals surface area (Å²) in [5.74, 6) is -0.150. The Hall–Kier alpha value is -2.21. The van der Waals surface area contributed by atoms with Gasteiger partial charge in [-0.2, -0.15) is 0 Å². The maximum absolute atomic E-state index is 13.0. The second-order valence-electron chi connectivity index (χ2n) is 5.80. The lowest BCUT2D eigenvalue weighted by Crippen LogP contribution is -2.27. The predicted molar refractivity (Wildman–Crippen MR) is 88.3 cm³/mol. The van der Waals surface area contributed by atoms with Crippen molar-refractivity contribution >= 4 is 22.2 Å². The molecule has 1 aliphatic rings. The first kappa shape index (κ1) is 14.4. The molecule has 1 fully saturated rings. The Morgan fingerprint density at radius 2 is 1.91 bits per heavy atom. The average Bonchev–Trinajstić information content (AvgIpc) is 3.26. The number of imidazole rings is 1. The van der Waals surface area contributed by atoms with Crippen LogP contribution in [0.3, 0.4) is 0 Å². The molecular weight excluding hydrogens is 313 g/mol. The fourth-order valence-corrected chi connectivity index (χ4v) is 4.05. The van der Waals surface area contributed by atoms with Crippen LogP contribution in [0.25, 0.3) is 16.2 Å². The van der Waals surface area contributed by atoms with Crippen LogP contribution < -0.4 is 0 Å². The molecule has 0 bridgehead atoms. The number of thiazole rings is 1. The van der Waals surface area contributed by atoms with Crippen molar-refractivity contribution in [2.45, 2.75) is 19.8 Å². The van der Waals surface area contributed by atoms with E-state index in [1.807, 2.05) is 22.4 Å². The van der Waals surface area contributed by atoms with E-state index in [2.05, 4.69) is 4.98 Å². The molecule has 3 heterocycles. The summed E-state index contributed by atoms with van der Waals surface area (Å²) in [7, 11) is 0. The van der Waals surface area contributed by atoms with Crippen molar-refractivity contribution < 1.29 is 9.18 Å². The van der Waals surface area contributed by atoms with Crippen LogP contribution >= 0.6 is 11.3 Å². The zero-order chi connectivity index (χ0) is 16.0. The van der Waals surface area contributed by atoms with E-state index in [1.165, 1.54) is 23.5 Å². The highest BCUT2D eigenvalue weighted by Gasteiger charge is 2.24. The first-order valence-electron chi connectivity index (χ1n) is 7.67. The van der Waals surface area contributed by atoms with Gasteiger partial charge in [0.1, 0.15) is 10.7 Å². The first-order valence-corrected chi connectivity index (χ1v) is 8.49. The summed E-state index contributed by atoms with van der Waals surface area (Å²) in [6.45, 7) is 3.64. The Kier molecular flexibility index (Phi) is 3.41. The predicted octanol–water partition coefficient (Wildman–Crippen LogP) is 3.75. The molecule has 4 nitrogen and oxygen atoms in total. The molecule has 1 aromatic carbocycles. The number of aromatic nitrogens is 2. The van der Waals surface area contributed by atoms with Gasteiger partial charge < -0.3 is 4.90 Å². The number of nitrogens with zero attached hydrogens (tertiary/aromatic N) is 3. The van der Waals surface area contributed by atoms with E-state index in [9.17, 15) is 9.18 Å². The topological polar surface area (TPSA) is 37.6 Å². The summed E-state index contributed by atoms with van der Waals surface area (Å²) >= 11 is 1.42. The number of aryl methyl sites for hydroxylation is 1. The zero-order valence-corrected chi connectivity index (χ0v) is 13.6. The number of fused-ring (bicyclic) bond motifs is 1. The minimum atomic E-state index is -0.260. The second kappa shape index (κ2) is 5.45. The summed E-state index contributed by atoms with van der Waals surface area (Å²) in [6, 6.07) is 6.29. The largest absolute Gasteiger partial charge is 0.338 e. The van der Waals surface area contributed by atoms with Crippen molar-refractivity contribution in [2.24, 2.45) is 0 Å². The molecule has 0 atom stereocenters. The summed E-state index contributed by atoms with van der Waals surface area (Å²) in [6.07, 6.45) is 4.08. The first-order chi connectivity index (χ1) is 11.1. The van der Waals surface area contributed by atoms with Gasteiger partial charge in [0.25, 0.3) is 5.91 Å². The molecule has 0 N–H and O–H groups in total. The van der Waals surface area contributed by atoms with Crippen LogP contribution in [-0.2, 0) is 0 Å². The monoisotopic (exact) mass is 329 g/mol. The third-order valence-electron chi connectivity index (χ3n) is 4.28. The molecule has 0 saturated carbocycles. The maximum Gasteiger partial charge on any atom is 0.265 e. The van der Waals surface area contributed by atoms with Gasteiger partial charge >= 0.3 is 0 Å². The quantitative estimate of drug-likeness (QED) is 0.718. The van der Waals surface area contributed by atoms with Crippen molar-refractivity contribution in [1.29, 1.82) is 0 Å². The molecule has 1 amide bonds. The Balaban J connectivity index is 1.71. The summed E-state index contributed by atoms with van der Waals surface area (Å²) in [5.41, 5.74) is 2.58. The smallest absolute Gasteiger partial charge is 0.265 e. The number of likely N-dealkylation sites (tertiary alicyclic amines) is 1. The standard InChI is InChI=1S/C17H16FN3OS/c1-11-15(16(22)20-8-2-3-9-20)23-17-19-14(10-21(11)17)12-4-6-13(18)7-5-12/h4-7,10H,2-3,8-9H2,1H3. The van der Waals surface area contributed by atoms with Gasteiger partial charge in [-0.1, -0.05) is 11.3 Å². The minimum absolute atomic E-state index is 0.110. The van der Waals surface area contributed by atoms with E-state index in [4.69, 9.17) is 0 Å².